The minimum absolute atomic E-state index is 0.0150. The third-order valence-corrected chi connectivity index (χ3v) is 4.91. The number of rotatable bonds is 5. The molecule has 1 aliphatic rings. The number of carbonyl (C=O) groups excluding carboxylic acids is 1. The molecule has 0 unspecified atom stereocenters. The second-order valence-corrected chi connectivity index (χ2v) is 7.23. The average molecular weight is 357 g/mol. The zero-order valence-corrected chi connectivity index (χ0v) is 14.4. The Morgan fingerprint density at radius 3 is 2.76 bits per heavy atom. The fraction of sp³-hybridized carbons (Fsp3) is 0.688. The number of hydrogen-bond acceptors (Lipinski definition) is 2. The van der Waals surface area contributed by atoms with E-state index in [1.54, 1.807) is 0 Å². The van der Waals surface area contributed by atoms with Gasteiger partial charge in [-0.2, -0.15) is 0 Å². The summed E-state index contributed by atoms with van der Waals surface area (Å²) in [5.41, 5.74) is 0.215. The Balaban J connectivity index is 2.13. The maximum absolute atomic E-state index is 12.6. The highest BCUT2D eigenvalue weighted by atomic mass is 79.9. The Morgan fingerprint density at radius 1 is 1.52 bits per heavy atom. The molecule has 1 amide bonds. The molecule has 0 bridgehead atoms. The molecule has 5 heteroatoms. The molecule has 0 aliphatic heterocycles. The van der Waals surface area contributed by atoms with Gasteiger partial charge in [0.15, 0.2) is 0 Å². The van der Waals surface area contributed by atoms with E-state index in [1.165, 1.54) is 0 Å². The predicted octanol–water partition coefficient (Wildman–Crippen LogP) is 3.33. The zero-order chi connectivity index (χ0) is 15.5. The van der Waals surface area contributed by atoms with E-state index in [2.05, 4.69) is 35.1 Å². The molecule has 0 radical (unpaired) electrons. The van der Waals surface area contributed by atoms with Crippen LogP contribution in [0.4, 0.5) is 0 Å². The molecule has 1 fully saturated rings. The van der Waals surface area contributed by atoms with E-state index in [4.69, 9.17) is 0 Å². The Hall–Kier alpha value is -0.810. The van der Waals surface area contributed by atoms with Crippen LogP contribution >= 0.6 is 15.9 Å². The lowest BCUT2D eigenvalue weighted by molar-refractivity contribution is 0.0709. The smallest absolute Gasteiger partial charge is 0.268 e. The van der Waals surface area contributed by atoms with Gasteiger partial charge in [-0.3, -0.25) is 4.79 Å². The van der Waals surface area contributed by atoms with E-state index in [9.17, 15) is 9.90 Å². The summed E-state index contributed by atoms with van der Waals surface area (Å²) in [6.45, 7) is 5.15. The molecule has 21 heavy (non-hydrogen) atoms. The van der Waals surface area contributed by atoms with E-state index in [1.807, 2.05) is 16.8 Å². The highest BCUT2D eigenvalue weighted by Crippen LogP contribution is 2.32. The topological polar surface area (TPSA) is 54.3 Å². The zero-order valence-electron chi connectivity index (χ0n) is 12.9. The third-order valence-electron chi connectivity index (χ3n) is 4.47. The second kappa shape index (κ2) is 6.97. The van der Waals surface area contributed by atoms with Gasteiger partial charge in [0.2, 0.25) is 0 Å². The number of hydrogen-bond donors (Lipinski definition) is 2. The van der Waals surface area contributed by atoms with E-state index < -0.39 is 5.54 Å². The predicted molar refractivity (Wildman–Crippen MR) is 87.3 cm³/mol. The summed E-state index contributed by atoms with van der Waals surface area (Å²) in [7, 11) is 0. The molecule has 1 aliphatic carbocycles. The maximum Gasteiger partial charge on any atom is 0.268 e. The van der Waals surface area contributed by atoms with Crippen LogP contribution in [0.3, 0.4) is 0 Å². The molecule has 1 aromatic rings. The first-order chi connectivity index (χ1) is 9.99. The largest absolute Gasteiger partial charge is 0.394 e. The van der Waals surface area contributed by atoms with E-state index >= 15 is 0 Å². The molecule has 4 nitrogen and oxygen atoms in total. The number of aliphatic hydroxyl groups is 1. The van der Waals surface area contributed by atoms with Crippen LogP contribution in [0.25, 0.3) is 0 Å². The molecule has 1 heterocycles. The molecule has 0 atom stereocenters. The van der Waals surface area contributed by atoms with Gasteiger partial charge in [0.05, 0.1) is 12.1 Å². The highest BCUT2D eigenvalue weighted by molar-refractivity contribution is 9.10. The lowest BCUT2D eigenvalue weighted by Gasteiger charge is -2.38. The first-order valence-electron chi connectivity index (χ1n) is 7.79. The van der Waals surface area contributed by atoms with Crippen molar-refractivity contribution in [1.82, 2.24) is 9.88 Å². The maximum atomic E-state index is 12.6. The Labute approximate surface area is 135 Å². The van der Waals surface area contributed by atoms with E-state index in [-0.39, 0.29) is 12.5 Å². The summed E-state index contributed by atoms with van der Waals surface area (Å²) in [4.78, 5) is 12.6. The lowest BCUT2D eigenvalue weighted by Crippen LogP contribution is -2.53. The Kier molecular flexibility index (Phi) is 5.49. The Bertz CT molecular complexity index is 490. The van der Waals surface area contributed by atoms with Gasteiger partial charge in [-0.1, -0.05) is 13.8 Å². The standard InChI is InChI=1S/C16H25BrN2O2/c1-3-8-19-10-13(17)9-14(19)15(21)18-16(11-20)6-4-12(2)5-7-16/h9-10,12,20H,3-8,11H2,1-2H3,(H,18,21). The van der Waals surface area contributed by atoms with Crippen LogP contribution in [0.15, 0.2) is 16.7 Å². The molecule has 118 valence electrons. The molecule has 0 saturated heterocycles. The molecule has 0 spiro atoms. The van der Waals surface area contributed by atoms with Gasteiger partial charge in [0, 0.05) is 17.2 Å². The quantitative estimate of drug-likeness (QED) is 0.849. The van der Waals surface area contributed by atoms with Gasteiger partial charge in [-0.05, 0) is 60.0 Å². The van der Waals surface area contributed by atoms with Crippen molar-refractivity contribution in [3.8, 4) is 0 Å². The van der Waals surface area contributed by atoms with Gasteiger partial charge in [0.25, 0.3) is 5.91 Å². The van der Waals surface area contributed by atoms with Gasteiger partial charge in [0.1, 0.15) is 5.69 Å². The van der Waals surface area contributed by atoms with Crippen LogP contribution in [-0.4, -0.2) is 27.7 Å². The summed E-state index contributed by atoms with van der Waals surface area (Å²) in [5, 5.41) is 12.9. The molecule has 0 aromatic carbocycles. The average Bonchev–Trinajstić information content (AvgIpc) is 2.83. The molecule has 1 saturated carbocycles. The number of aliphatic hydroxyl groups excluding tert-OH is 1. The number of aryl methyl sites for hydroxylation is 1. The van der Waals surface area contributed by atoms with Crippen LogP contribution in [-0.2, 0) is 6.54 Å². The van der Waals surface area contributed by atoms with Crippen molar-refractivity contribution in [3.63, 3.8) is 0 Å². The minimum atomic E-state index is -0.447. The number of amides is 1. The summed E-state index contributed by atoms with van der Waals surface area (Å²) in [5.74, 6) is 0.595. The molecule has 2 N–H and O–H groups in total. The first kappa shape index (κ1) is 16.6. The van der Waals surface area contributed by atoms with Crippen LogP contribution in [0.2, 0.25) is 0 Å². The van der Waals surface area contributed by atoms with Crippen molar-refractivity contribution in [2.24, 2.45) is 5.92 Å². The van der Waals surface area contributed by atoms with E-state index in [0.717, 1.165) is 43.1 Å². The number of nitrogens with one attached hydrogen (secondary N) is 1. The number of carbonyl (C=O) groups is 1. The van der Waals surface area contributed by atoms with Crippen molar-refractivity contribution >= 4 is 21.8 Å². The van der Waals surface area contributed by atoms with Crippen LogP contribution in [0.1, 0.15) is 56.4 Å². The fourth-order valence-electron chi connectivity index (χ4n) is 3.03. The van der Waals surface area contributed by atoms with Gasteiger partial charge in [-0.15, -0.1) is 0 Å². The molecular weight excluding hydrogens is 332 g/mol. The van der Waals surface area contributed by atoms with Gasteiger partial charge in [-0.25, -0.2) is 0 Å². The van der Waals surface area contributed by atoms with Crippen molar-refractivity contribution in [3.05, 3.63) is 22.4 Å². The van der Waals surface area contributed by atoms with Gasteiger partial charge >= 0.3 is 0 Å². The van der Waals surface area contributed by atoms with Crippen LogP contribution in [0.5, 0.6) is 0 Å². The van der Waals surface area contributed by atoms with Gasteiger partial charge < -0.3 is 15.0 Å². The minimum Gasteiger partial charge on any atom is -0.394 e. The van der Waals surface area contributed by atoms with Crippen molar-refractivity contribution in [2.45, 2.75) is 58.0 Å². The summed E-state index contributed by atoms with van der Waals surface area (Å²) in [6.07, 6.45) is 6.73. The normalized spacial score (nSPS) is 25.8. The summed E-state index contributed by atoms with van der Waals surface area (Å²) in [6, 6.07) is 1.85. The third kappa shape index (κ3) is 3.89. The van der Waals surface area contributed by atoms with Crippen LogP contribution in [0, 0.1) is 5.92 Å². The number of halogens is 1. The second-order valence-electron chi connectivity index (χ2n) is 6.31. The summed E-state index contributed by atoms with van der Waals surface area (Å²) < 4.78 is 2.88. The van der Waals surface area contributed by atoms with E-state index in [0.29, 0.717) is 11.6 Å². The fourth-order valence-corrected chi connectivity index (χ4v) is 3.50. The van der Waals surface area contributed by atoms with Crippen LogP contribution < -0.4 is 5.32 Å². The monoisotopic (exact) mass is 356 g/mol. The van der Waals surface area contributed by atoms with Crippen molar-refractivity contribution < 1.29 is 9.90 Å². The number of aromatic nitrogens is 1. The van der Waals surface area contributed by atoms with Crippen molar-refractivity contribution in [2.75, 3.05) is 6.61 Å². The highest BCUT2D eigenvalue weighted by Gasteiger charge is 2.35. The summed E-state index contributed by atoms with van der Waals surface area (Å²) >= 11 is 3.43. The molecule has 1 aromatic heterocycles. The van der Waals surface area contributed by atoms with Crippen molar-refractivity contribution in [1.29, 1.82) is 0 Å². The molecule has 2 rings (SSSR count). The molecular formula is C16H25BrN2O2. The number of nitrogens with zero attached hydrogens (tertiary/aromatic N) is 1. The lowest BCUT2D eigenvalue weighted by atomic mass is 9.77. The first-order valence-corrected chi connectivity index (χ1v) is 8.58. The SMILES string of the molecule is CCCn1cc(Br)cc1C(=O)NC1(CO)CCC(C)CC1. The Morgan fingerprint density at radius 2 is 2.19 bits per heavy atom.